The van der Waals surface area contributed by atoms with Crippen LogP contribution in [0.3, 0.4) is 0 Å². The number of hydrogen-bond acceptors (Lipinski definition) is 12. The Bertz CT molecular complexity index is 2520. The fourth-order valence-electron chi connectivity index (χ4n) is 5.23. The first kappa shape index (κ1) is 37.9. The SMILES string of the molecule is COC(=O)c1nc(-c2ccc(Cl)c(OC)c2F)nc2[nH]cc(C)c12.COC(=O)c1nc(-c2ccc(Cl)c(OC)c2F)nc2c1c(C)cn2S(C)(=O)=O. The van der Waals surface area contributed by atoms with E-state index in [1.165, 1.54) is 51.8 Å². The zero-order valence-corrected chi connectivity index (χ0v) is 30.7. The Morgan fingerprint density at radius 2 is 1.23 bits per heavy atom. The number of methoxy groups -OCH3 is 4. The zero-order chi connectivity index (χ0) is 38.2. The second-order valence-corrected chi connectivity index (χ2v) is 13.6. The number of H-pyrrole nitrogens is 1. The predicted molar refractivity (Wildman–Crippen MR) is 188 cm³/mol. The summed E-state index contributed by atoms with van der Waals surface area (Å²) in [6.07, 6.45) is 3.98. The van der Waals surface area contributed by atoms with E-state index in [1.807, 2.05) is 0 Å². The summed E-state index contributed by atoms with van der Waals surface area (Å²) < 4.78 is 74.1. The quantitative estimate of drug-likeness (QED) is 0.179. The maximum Gasteiger partial charge on any atom is 0.357 e. The number of fused-ring (bicyclic) bond motifs is 2. The number of rotatable bonds is 7. The van der Waals surface area contributed by atoms with Crippen LogP contribution in [0.1, 0.15) is 32.1 Å². The van der Waals surface area contributed by atoms with Crippen molar-refractivity contribution in [2.24, 2.45) is 0 Å². The molecule has 19 heteroatoms. The molecule has 2 aromatic carbocycles. The molecule has 0 spiro atoms. The van der Waals surface area contributed by atoms with E-state index in [4.69, 9.17) is 42.1 Å². The number of halogens is 4. The Hall–Kier alpha value is -5.39. The zero-order valence-electron chi connectivity index (χ0n) is 28.4. The molecule has 0 atom stereocenters. The van der Waals surface area contributed by atoms with Crippen molar-refractivity contribution in [3.05, 3.63) is 80.9 Å². The first-order chi connectivity index (χ1) is 24.6. The van der Waals surface area contributed by atoms with Gasteiger partial charge in [-0.2, -0.15) is 0 Å². The maximum absolute atomic E-state index is 14.8. The van der Waals surface area contributed by atoms with Gasteiger partial charge in [-0.25, -0.2) is 50.7 Å². The average molecular weight is 778 g/mol. The van der Waals surface area contributed by atoms with Crippen LogP contribution in [-0.2, 0) is 19.5 Å². The molecule has 272 valence electrons. The van der Waals surface area contributed by atoms with E-state index in [9.17, 15) is 26.8 Å². The van der Waals surface area contributed by atoms with Gasteiger partial charge >= 0.3 is 11.9 Å². The van der Waals surface area contributed by atoms with E-state index >= 15 is 0 Å². The van der Waals surface area contributed by atoms with Gasteiger partial charge in [-0.05, 0) is 49.2 Å². The molecule has 0 aliphatic carbocycles. The lowest BCUT2D eigenvalue weighted by atomic mass is 10.1. The monoisotopic (exact) mass is 776 g/mol. The number of esters is 2. The van der Waals surface area contributed by atoms with Crippen LogP contribution in [-0.4, -0.2) is 83.9 Å². The van der Waals surface area contributed by atoms with Gasteiger partial charge in [0.1, 0.15) is 5.65 Å². The van der Waals surface area contributed by atoms with Crippen LogP contribution in [0.5, 0.6) is 11.5 Å². The van der Waals surface area contributed by atoms with Crippen LogP contribution in [0, 0.1) is 25.5 Å². The minimum absolute atomic E-state index is 0.0252. The Morgan fingerprint density at radius 3 is 1.69 bits per heavy atom. The maximum atomic E-state index is 14.8. The van der Waals surface area contributed by atoms with Crippen molar-refractivity contribution in [1.82, 2.24) is 28.9 Å². The second-order valence-electron chi connectivity index (χ2n) is 10.9. The van der Waals surface area contributed by atoms with E-state index in [0.29, 0.717) is 16.6 Å². The predicted octanol–water partition coefficient (Wildman–Crippen LogP) is 6.32. The van der Waals surface area contributed by atoms with Gasteiger partial charge in [0.05, 0.1) is 66.6 Å². The molecular formula is C33H28Cl2F2N6O8S. The molecule has 14 nitrogen and oxygen atoms in total. The molecular weight excluding hydrogens is 749 g/mol. The van der Waals surface area contributed by atoms with E-state index in [-0.39, 0.29) is 66.7 Å². The molecule has 0 aliphatic rings. The lowest BCUT2D eigenvalue weighted by Crippen LogP contribution is -2.12. The summed E-state index contributed by atoms with van der Waals surface area (Å²) in [5.74, 6) is -3.53. The molecule has 0 amide bonds. The molecule has 0 saturated carbocycles. The summed E-state index contributed by atoms with van der Waals surface area (Å²) in [7, 11) is 1.22. The molecule has 0 saturated heterocycles. The van der Waals surface area contributed by atoms with Crippen molar-refractivity contribution in [1.29, 1.82) is 0 Å². The molecule has 4 heterocycles. The van der Waals surface area contributed by atoms with Gasteiger partial charge in [-0.1, -0.05) is 23.2 Å². The highest BCUT2D eigenvalue weighted by Gasteiger charge is 2.26. The minimum Gasteiger partial charge on any atom is -0.492 e. The molecule has 0 aliphatic heterocycles. The molecule has 0 radical (unpaired) electrons. The Morgan fingerprint density at radius 1 is 0.750 bits per heavy atom. The topological polar surface area (TPSA) is 177 Å². The third kappa shape index (κ3) is 6.81. The third-order valence-corrected chi connectivity index (χ3v) is 9.22. The fraction of sp³-hybridized carbons (Fsp3) is 0.212. The van der Waals surface area contributed by atoms with Gasteiger partial charge in [-0.3, -0.25) is 0 Å². The summed E-state index contributed by atoms with van der Waals surface area (Å²) in [5.41, 5.74) is 1.39. The van der Waals surface area contributed by atoms with Gasteiger partial charge in [0.15, 0.2) is 51.8 Å². The fourth-order valence-corrected chi connectivity index (χ4v) is 6.47. The highest BCUT2D eigenvalue weighted by Crippen LogP contribution is 2.36. The Kier molecular flexibility index (Phi) is 10.7. The Balaban J connectivity index is 0.000000203. The van der Waals surface area contributed by atoms with Crippen LogP contribution >= 0.6 is 23.2 Å². The molecule has 0 unspecified atom stereocenters. The van der Waals surface area contributed by atoms with Crippen molar-refractivity contribution < 1.29 is 45.7 Å². The molecule has 1 N–H and O–H groups in total. The first-order valence-corrected chi connectivity index (χ1v) is 17.4. The highest BCUT2D eigenvalue weighted by molar-refractivity contribution is 7.89. The summed E-state index contributed by atoms with van der Waals surface area (Å²) in [6.45, 7) is 3.41. The largest absolute Gasteiger partial charge is 0.492 e. The van der Waals surface area contributed by atoms with Crippen molar-refractivity contribution in [3.63, 3.8) is 0 Å². The molecule has 0 fully saturated rings. The van der Waals surface area contributed by atoms with Crippen LogP contribution in [0.25, 0.3) is 44.8 Å². The molecule has 6 aromatic rings. The first-order valence-electron chi connectivity index (χ1n) is 14.7. The van der Waals surface area contributed by atoms with Crippen molar-refractivity contribution in [2.75, 3.05) is 34.7 Å². The number of carbonyl (C=O) groups excluding carboxylic acids is 2. The van der Waals surface area contributed by atoms with E-state index in [2.05, 4.69) is 24.9 Å². The van der Waals surface area contributed by atoms with Gasteiger partial charge in [0.25, 0.3) is 0 Å². The number of aryl methyl sites for hydroxylation is 2. The van der Waals surface area contributed by atoms with E-state index in [1.54, 1.807) is 20.0 Å². The van der Waals surface area contributed by atoms with Crippen LogP contribution < -0.4 is 9.47 Å². The van der Waals surface area contributed by atoms with Gasteiger partial charge < -0.3 is 23.9 Å². The number of aromatic nitrogens is 6. The summed E-state index contributed by atoms with van der Waals surface area (Å²) in [6, 6.07) is 5.59. The number of benzene rings is 2. The standard InChI is InChI=1S/C17H15ClFN3O5S.C16H13ClFN3O3/c1-8-7-22(28(4,24)25)16-11(8)13(17(23)27-3)20-15(21-16)9-5-6-10(18)14(26-2)12(9)19;1-7-6-19-15-10(7)12(16(22)24-3)20-14(21-15)8-4-5-9(17)13(23-2)11(8)18/h5-7H,1-4H3;4-6H,1-3H3,(H,19,20,21). The van der Waals surface area contributed by atoms with Gasteiger partial charge in [-0.15, -0.1) is 0 Å². The molecule has 6 rings (SSSR count). The number of aromatic amines is 1. The third-order valence-electron chi connectivity index (χ3n) is 7.64. The lowest BCUT2D eigenvalue weighted by Gasteiger charge is -2.11. The average Bonchev–Trinajstić information content (AvgIpc) is 3.66. The second kappa shape index (κ2) is 14.7. The number of hydrogen-bond donors (Lipinski definition) is 1. The summed E-state index contributed by atoms with van der Waals surface area (Å²) in [5, 5.41) is 0.895. The number of nitrogens with one attached hydrogen (secondary N) is 1. The number of carbonyl (C=O) groups is 2. The van der Waals surface area contributed by atoms with Crippen LogP contribution in [0.2, 0.25) is 10.0 Å². The van der Waals surface area contributed by atoms with Crippen molar-refractivity contribution in [2.45, 2.75) is 13.8 Å². The number of nitrogens with zero attached hydrogens (tertiary/aromatic N) is 5. The van der Waals surface area contributed by atoms with Gasteiger partial charge in [0.2, 0.25) is 10.0 Å². The number of ether oxygens (including phenoxy) is 4. The normalized spacial score (nSPS) is 11.3. The van der Waals surface area contributed by atoms with E-state index < -0.39 is 33.6 Å². The summed E-state index contributed by atoms with van der Waals surface area (Å²) in [4.78, 5) is 44.1. The van der Waals surface area contributed by atoms with Crippen LogP contribution in [0.4, 0.5) is 8.78 Å². The minimum atomic E-state index is -3.75. The van der Waals surface area contributed by atoms with E-state index in [0.717, 1.165) is 22.9 Å². The lowest BCUT2D eigenvalue weighted by molar-refractivity contribution is 0.0587. The van der Waals surface area contributed by atoms with Crippen molar-refractivity contribution >= 4 is 67.2 Å². The molecule has 52 heavy (non-hydrogen) atoms. The Labute approximate surface area is 304 Å². The molecule has 4 aromatic heterocycles. The highest BCUT2D eigenvalue weighted by atomic mass is 35.5. The van der Waals surface area contributed by atoms with Crippen molar-refractivity contribution in [3.8, 4) is 34.3 Å². The van der Waals surface area contributed by atoms with Crippen LogP contribution in [0.15, 0.2) is 36.7 Å². The molecule has 0 bridgehead atoms. The smallest absolute Gasteiger partial charge is 0.357 e. The van der Waals surface area contributed by atoms with Gasteiger partial charge in [0, 0.05) is 12.4 Å². The summed E-state index contributed by atoms with van der Waals surface area (Å²) >= 11 is 11.8.